The molecule has 1 fully saturated rings. The van der Waals surface area contributed by atoms with Crippen LogP contribution >= 0.6 is 0 Å². The number of amides is 1. The highest BCUT2D eigenvalue weighted by Crippen LogP contribution is 2.30. The Balaban J connectivity index is 2.21. The molecule has 0 aromatic heterocycles. The van der Waals surface area contributed by atoms with Gasteiger partial charge in [0.2, 0.25) is 0 Å². The zero-order chi connectivity index (χ0) is 14.9. The summed E-state index contributed by atoms with van der Waals surface area (Å²) in [7, 11) is 0. The fourth-order valence-corrected chi connectivity index (χ4v) is 2.35. The molecular formula is C14H16F3NO2. The van der Waals surface area contributed by atoms with Crippen LogP contribution in [0.15, 0.2) is 24.3 Å². The number of alkyl halides is 3. The summed E-state index contributed by atoms with van der Waals surface area (Å²) in [4.78, 5) is 13.8. The zero-order valence-electron chi connectivity index (χ0n) is 11.3. The van der Waals surface area contributed by atoms with E-state index in [9.17, 15) is 18.0 Å². The summed E-state index contributed by atoms with van der Waals surface area (Å²) in [5.41, 5.74) is -0.751. The zero-order valence-corrected chi connectivity index (χ0v) is 11.3. The van der Waals surface area contributed by atoms with E-state index in [1.807, 2.05) is 13.8 Å². The lowest BCUT2D eigenvalue weighted by molar-refractivity contribution is -0.137. The van der Waals surface area contributed by atoms with Crippen LogP contribution < -0.4 is 0 Å². The number of nitrogens with zero attached hydrogens (tertiary/aromatic N) is 1. The van der Waals surface area contributed by atoms with Crippen LogP contribution in [0, 0.1) is 0 Å². The van der Waals surface area contributed by atoms with Gasteiger partial charge in [0.25, 0.3) is 5.91 Å². The Morgan fingerprint density at radius 3 is 2.40 bits per heavy atom. The summed E-state index contributed by atoms with van der Waals surface area (Å²) in [5, 5.41) is 0. The maximum Gasteiger partial charge on any atom is 0.416 e. The van der Waals surface area contributed by atoms with Crippen molar-refractivity contribution in [1.82, 2.24) is 4.90 Å². The highest BCUT2D eigenvalue weighted by atomic mass is 19.4. The molecule has 2 atom stereocenters. The molecule has 1 saturated heterocycles. The van der Waals surface area contributed by atoms with E-state index in [-0.39, 0.29) is 17.8 Å². The second kappa shape index (κ2) is 5.44. The third-order valence-corrected chi connectivity index (χ3v) is 3.14. The minimum atomic E-state index is -4.44. The van der Waals surface area contributed by atoms with Crippen molar-refractivity contribution in [2.24, 2.45) is 0 Å². The monoisotopic (exact) mass is 287 g/mol. The van der Waals surface area contributed by atoms with Gasteiger partial charge in [-0.25, -0.2) is 0 Å². The van der Waals surface area contributed by atoms with Gasteiger partial charge in [-0.05, 0) is 32.0 Å². The maximum atomic E-state index is 12.7. The van der Waals surface area contributed by atoms with Crippen molar-refractivity contribution in [2.45, 2.75) is 32.2 Å². The molecule has 1 heterocycles. The van der Waals surface area contributed by atoms with Crippen LogP contribution in [0.1, 0.15) is 29.8 Å². The normalized spacial score (nSPS) is 23.8. The first kappa shape index (κ1) is 14.8. The minimum Gasteiger partial charge on any atom is -0.372 e. The predicted molar refractivity (Wildman–Crippen MR) is 67.4 cm³/mol. The van der Waals surface area contributed by atoms with Crippen molar-refractivity contribution >= 4 is 5.91 Å². The lowest BCUT2D eigenvalue weighted by Crippen LogP contribution is -2.48. The Bertz CT molecular complexity index is 491. The Kier molecular flexibility index (Phi) is 4.04. The quantitative estimate of drug-likeness (QED) is 0.794. The van der Waals surface area contributed by atoms with Crippen molar-refractivity contribution in [3.8, 4) is 0 Å². The van der Waals surface area contributed by atoms with E-state index in [1.165, 1.54) is 17.0 Å². The van der Waals surface area contributed by atoms with Gasteiger partial charge in [-0.15, -0.1) is 0 Å². The molecule has 1 amide bonds. The van der Waals surface area contributed by atoms with Gasteiger partial charge in [0, 0.05) is 18.7 Å². The van der Waals surface area contributed by atoms with Crippen LogP contribution in [-0.4, -0.2) is 36.1 Å². The van der Waals surface area contributed by atoms with Gasteiger partial charge < -0.3 is 9.64 Å². The minimum absolute atomic E-state index is 0.0566. The lowest BCUT2D eigenvalue weighted by Gasteiger charge is -2.35. The molecule has 1 aromatic rings. The first-order chi connectivity index (χ1) is 9.27. The SMILES string of the molecule is C[C@H]1CN(C(=O)c2cccc(C(F)(F)F)c2)C[C@H](C)O1. The molecule has 1 aliphatic rings. The number of halogens is 3. The summed E-state index contributed by atoms with van der Waals surface area (Å²) in [6, 6.07) is 4.51. The summed E-state index contributed by atoms with van der Waals surface area (Å²) in [5.74, 6) is -0.391. The van der Waals surface area contributed by atoms with E-state index in [1.54, 1.807) is 0 Å². The summed E-state index contributed by atoms with van der Waals surface area (Å²) < 4.78 is 43.5. The van der Waals surface area contributed by atoms with E-state index >= 15 is 0 Å². The van der Waals surface area contributed by atoms with E-state index in [0.29, 0.717) is 13.1 Å². The van der Waals surface area contributed by atoms with Crippen LogP contribution in [0.4, 0.5) is 13.2 Å². The molecule has 1 aromatic carbocycles. The van der Waals surface area contributed by atoms with Gasteiger partial charge in [0.15, 0.2) is 0 Å². The Hall–Kier alpha value is -1.56. The van der Waals surface area contributed by atoms with Crippen molar-refractivity contribution in [2.75, 3.05) is 13.1 Å². The van der Waals surface area contributed by atoms with E-state index in [4.69, 9.17) is 4.74 Å². The topological polar surface area (TPSA) is 29.5 Å². The predicted octanol–water partition coefficient (Wildman–Crippen LogP) is 2.95. The van der Waals surface area contributed by atoms with Crippen LogP contribution in [0.2, 0.25) is 0 Å². The third kappa shape index (κ3) is 3.30. The molecule has 110 valence electrons. The third-order valence-electron chi connectivity index (χ3n) is 3.14. The van der Waals surface area contributed by atoms with Gasteiger partial charge in [0.05, 0.1) is 17.8 Å². The number of ether oxygens (including phenoxy) is 1. The largest absolute Gasteiger partial charge is 0.416 e. The van der Waals surface area contributed by atoms with Gasteiger partial charge in [-0.1, -0.05) is 6.07 Å². The summed E-state index contributed by atoms with van der Waals surface area (Å²) in [6.07, 6.45) is -4.68. The van der Waals surface area contributed by atoms with Crippen molar-refractivity contribution in [3.63, 3.8) is 0 Å². The molecule has 0 radical (unpaired) electrons. The van der Waals surface area contributed by atoms with Crippen LogP contribution in [0.25, 0.3) is 0 Å². The molecule has 2 rings (SSSR count). The van der Waals surface area contributed by atoms with E-state index in [0.717, 1.165) is 12.1 Å². The van der Waals surface area contributed by atoms with E-state index < -0.39 is 17.6 Å². The Morgan fingerprint density at radius 2 is 1.85 bits per heavy atom. The molecular weight excluding hydrogens is 271 g/mol. The smallest absolute Gasteiger partial charge is 0.372 e. The van der Waals surface area contributed by atoms with Crippen LogP contribution in [-0.2, 0) is 10.9 Å². The molecule has 0 N–H and O–H groups in total. The number of hydrogen-bond acceptors (Lipinski definition) is 2. The van der Waals surface area contributed by atoms with Gasteiger partial charge in [0.1, 0.15) is 0 Å². The highest BCUT2D eigenvalue weighted by Gasteiger charge is 2.32. The average Bonchev–Trinajstić information content (AvgIpc) is 2.36. The van der Waals surface area contributed by atoms with Gasteiger partial charge in [-0.2, -0.15) is 13.2 Å². The summed E-state index contributed by atoms with van der Waals surface area (Å²) >= 11 is 0. The van der Waals surface area contributed by atoms with Gasteiger partial charge in [-0.3, -0.25) is 4.79 Å². The second-order valence-electron chi connectivity index (χ2n) is 5.05. The fraction of sp³-hybridized carbons (Fsp3) is 0.500. The fourth-order valence-electron chi connectivity index (χ4n) is 2.35. The maximum absolute atomic E-state index is 12.7. The number of morpholine rings is 1. The van der Waals surface area contributed by atoms with Crippen LogP contribution in [0.5, 0.6) is 0 Å². The lowest BCUT2D eigenvalue weighted by atomic mass is 10.1. The second-order valence-corrected chi connectivity index (χ2v) is 5.05. The number of rotatable bonds is 1. The molecule has 3 nitrogen and oxygen atoms in total. The summed E-state index contributed by atoms with van der Waals surface area (Å²) in [6.45, 7) is 4.45. The van der Waals surface area contributed by atoms with Crippen LogP contribution in [0.3, 0.4) is 0 Å². The molecule has 0 spiro atoms. The number of carbonyl (C=O) groups excluding carboxylic acids is 1. The highest BCUT2D eigenvalue weighted by molar-refractivity contribution is 5.94. The molecule has 0 aliphatic carbocycles. The molecule has 0 bridgehead atoms. The van der Waals surface area contributed by atoms with Crippen molar-refractivity contribution in [1.29, 1.82) is 0 Å². The van der Waals surface area contributed by atoms with Crippen molar-refractivity contribution < 1.29 is 22.7 Å². The number of hydrogen-bond donors (Lipinski definition) is 0. The Morgan fingerprint density at radius 1 is 1.25 bits per heavy atom. The molecule has 20 heavy (non-hydrogen) atoms. The Labute approximate surface area is 115 Å². The number of carbonyl (C=O) groups is 1. The van der Waals surface area contributed by atoms with Gasteiger partial charge >= 0.3 is 6.18 Å². The molecule has 1 aliphatic heterocycles. The standard InChI is InChI=1S/C14H16F3NO2/c1-9-7-18(8-10(2)20-9)13(19)11-4-3-5-12(6-11)14(15,16)17/h3-6,9-10H,7-8H2,1-2H3/t9-,10-/m0/s1. The first-order valence-electron chi connectivity index (χ1n) is 6.39. The molecule has 0 unspecified atom stereocenters. The molecule has 0 saturated carbocycles. The van der Waals surface area contributed by atoms with Crippen molar-refractivity contribution in [3.05, 3.63) is 35.4 Å². The first-order valence-corrected chi connectivity index (χ1v) is 6.39. The average molecular weight is 287 g/mol. The van der Waals surface area contributed by atoms with E-state index in [2.05, 4.69) is 0 Å². The molecule has 6 heteroatoms. The number of benzene rings is 1.